The molecule has 1 saturated heterocycles. The molecule has 1 aliphatic heterocycles. The highest BCUT2D eigenvalue weighted by Gasteiger charge is 2.35. The van der Waals surface area contributed by atoms with Crippen LogP contribution in [-0.2, 0) is 16.1 Å². The first kappa shape index (κ1) is 14.9. The molecule has 1 aromatic rings. The number of hydrogen-bond donors (Lipinski definition) is 1. The van der Waals surface area contributed by atoms with Crippen LogP contribution in [0.1, 0.15) is 12.0 Å². The second-order valence-corrected chi connectivity index (χ2v) is 4.68. The van der Waals surface area contributed by atoms with E-state index in [4.69, 9.17) is 4.74 Å². The predicted molar refractivity (Wildman–Crippen MR) is 72.7 cm³/mol. The lowest BCUT2D eigenvalue weighted by Crippen LogP contribution is -2.36. The van der Waals surface area contributed by atoms with Crippen molar-refractivity contribution in [1.82, 2.24) is 10.2 Å². The minimum absolute atomic E-state index is 0.0569. The van der Waals surface area contributed by atoms with Crippen LogP contribution in [0.4, 0.5) is 5.69 Å². The van der Waals surface area contributed by atoms with E-state index in [0.717, 1.165) is 4.90 Å². The summed E-state index contributed by atoms with van der Waals surface area (Å²) in [5.74, 6) is -0.0638. The molecule has 0 aliphatic carbocycles. The van der Waals surface area contributed by atoms with Crippen molar-refractivity contribution >= 4 is 17.5 Å². The van der Waals surface area contributed by atoms with Crippen LogP contribution < -0.4 is 10.1 Å². The van der Waals surface area contributed by atoms with Crippen LogP contribution in [0.2, 0.25) is 0 Å². The minimum atomic E-state index is -0.605. The number of nitrogens with one attached hydrogen (secondary N) is 1. The maximum Gasteiger partial charge on any atom is 0.270 e. The Morgan fingerprint density at radius 3 is 2.71 bits per heavy atom. The fraction of sp³-hybridized carbons (Fsp3) is 0.385. The van der Waals surface area contributed by atoms with E-state index in [9.17, 15) is 19.7 Å². The monoisotopic (exact) mass is 293 g/mol. The van der Waals surface area contributed by atoms with Gasteiger partial charge in [0.2, 0.25) is 11.8 Å². The molecule has 1 atom stereocenters. The molecular weight excluding hydrogens is 278 g/mol. The molecule has 0 bridgehead atoms. The van der Waals surface area contributed by atoms with Gasteiger partial charge in [-0.2, -0.15) is 0 Å². The van der Waals surface area contributed by atoms with Gasteiger partial charge in [0, 0.05) is 31.3 Å². The molecule has 1 heterocycles. The zero-order valence-corrected chi connectivity index (χ0v) is 11.7. The Balaban J connectivity index is 2.12. The quantitative estimate of drug-likeness (QED) is 0.480. The van der Waals surface area contributed by atoms with Crippen LogP contribution in [0.5, 0.6) is 5.75 Å². The molecule has 8 nitrogen and oxygen atoms in total. The number of nitro groups is 1. The third-order valence-electron chi connectivity index (χ3n) is 3.40. The molecule has 21 heavy (non-hydrogen) atoms. The number of ether oxygens (including phenoxy) is 1. The molecule has 2 amide bonds. The zero-order valence-electron chi connectivity index (χ0n) is 11.7. The maximum atomic E-state index is 11.8. The summed E-state index contributed by atoms with van der Waals surface area (Å²) >= 11 is 0. The number of non-ortho nitro benzene ring substituents is 1. The summed E-state index contributed by atoms with van der Waals surface area (Å²) in [5, 5.41) is 13.7. The molecular formula is C13H15N3O5. The van der Waals surface area contributed by atoms with E-state index >= 15 is 0 Å². The SMILES string of the molecule is COc1ccc([N+](=O)[O-])cc1CNC1CC(=O)N(C)C1=O. The van der Waals surface area contributed by atoms with Gasteiger partial charge in [0.1, 0.15) is 5.75 Å². The van der Waals surface area contributed by atoms with Crippen molar-refractivity contribution in [2.24, 2.45) is 0 Å². The van der Waals surface area contributed by atoms with Gasteiger partial charge in [0.25, 0.3) is 5.69 Å². The van der Waals surface area contributed by atoms with Crippen molar-refractivity contribution in [2.45, 2.75) is 19.0 Å². The molecule has 8 heteroatoms. The third-order valence-corrected chi connectivity index (χ3v) is 3.40. The number of imide groups is 1. The van der Waals surface area contributed by atoms with Crippen molar-refractivity contribution in [1.29, 1.82) is 0 Å². The zero-order chi connectivity index (χ0) is 15.6. The fourth-order valence-corrected chi connectivity index (χ4v) is 2.16. The molecule has 1 fully saturated rings. The number of likely N-dealkylation sites (tertiary alicyclic amines) is 1. The first-order chi connectivity index (χ1) is 9.93. The molecule has 0 spiro atoms. The molecule has 112 valence electrons. The number of carbonyl (C=O) groups is 2. The van der Waals surface area contributed by atoms with E-state index in [0.29, 0.717) is 11.3 Å². The van der Waals surface area contributed by atoms with Gasteiger partial charge in [-0.15, -0.1) is 0 Å². The van der Waals surface area contributed by atoms with Crippen molar-refractivity contribution in [2.75, 3.05) is 14.2 Å². The Bertz CT molecular complexity index is 601. The Kier molecular flexibility index (Phi) is 4.18. The number of methoxy groups -OCH3 is 1. The highest BCUT2D eigenvalue weighted by molar-refractivity contribution is 6.05. The normalized spacial score (nSPS) is 18.2. The van der Waals surface area contributed by atoms with Crippen LogP contribution in [-0.4, -0.2) is 41.8 Å². The maximum absolute atomic E-state index is 11.8. The summed E-state index contributed by atoms with van der Waals surface area (Å²) in [4.78, 5) is 34.6. The second-order valence-electron chi connectivity index (χ2n) is 4.68. The van der Waals surface area contributed by atoms with E-state index in [1.54, 1.807) is 0 Å². The van der Waals surface area contributed by atoms with E-state index < -0.39 is 11.0 Å². The van der Waals surface area contributed by atoms with Gasteiger partial charge in [-0.25, -0.2) is 0 Å². The molecule has 1 aliphatic rings. The average molecular weight is 293 g/mol. The Labute approximate surface area is 120 Å². The predicted octanol–water partition coefficient (Wildman–Crippen LogP) is 0.450. The minimum Gasteiger partial charge on any atom is -0.496 e. The fourth-order valence-electron chi connectivity index (χ4n) is 2.16. The van der Waals surface area contributed by atoms with Crippen molar-refractivity contribution in [3.05, 3.63) is 33.9 Å². The Morgan fingerprint density at radius 2 is 2.19 bits per heavy atom. The first-order valence-corrected chi connectivity index (χ1v) is 6.29. The lowest BCUT2D eigenvalue weighted by Gasteiger charge is -2.13. The van der Waals surface area contributed by atoms with Crippen LogP contribution in [0.25, 0.3) is 0 Å². The summed E-state index contributed by atoms with van der Waals surface area (Å²) in [7, 11) is 2.89. The van der Waals surface area contributed by atoms with E-state index in [-0.39, 0.29) is 30.5 Å². The lowest BCUT2D eigenvalue weighted by molar-refractivity contribution is -0.384. The number of rotatable bonds is 5. The summed E-state index contributed by atoms with van der Waals surface area (Å²) in [6.45, 7) is 0.197. The summed E-state index contributed by atoms with van der Waals surface area (Å²) < 4.78 is 5.14. The number of hydrogen-bond acceptors (Lipinski definition) is 6. The van der Waals surface area contributed by atoms with Gasteiger partial charge in [-0.1, -0.05) is 0 Å². The number of nitro benzene ring substituents is 1. The van der Waals surface area contributed by atoms with E-state index in [1.165, 1.54) is 32.4 Å². The van der Waals surface area contributed by atoms with Crippen LogP contribution >= 0.6 is 0 Å². The Hall–Kier alpha value is -2.48. The molecule has 0 radical (unpaired) electrons. The molecule has 1 unspecified atom stereocenters. The van der Waals surface area contributed by atoms with Crippen LogP contribution in [0, 0.1) is 10.1 Å². The number of carbonyl (C=O) groups excluding carboxylic acids is 2. The molecule has 1 N–H and O–H groups in total. The highest BCUT2D eigenvalue weighted by atomic mass is 16.6. The van der Waals surface area contributed by atoms with Gasteiger partial charge in [-0.3, -0.25) is 24.6 Å². The third kappa shape index (κ3) is 3.00. The summed E-state index contributed by atoms with van der Waals surface area (Å²) in [6, 6.07) is 3.63. The average Bonchev–Trinajstić information content (AvgIpc) is 2.72. The van der Waals surface area contributed by atoms with Gasteiger partial charge in [0.15, 0.2) is 0 Å². The highest BCUT2D eigenvalue weighted by Crippen LogP contribution is 2.24. The van der Waals surface area contributed by atoms with E-state index in [1.807, 2.05) is 0 Å². The smallest absolute Gasteiger partial charge is 0.270 e. The number of benzene rings is 1. The van der Waals surface area contributed by atoms with E-state index in [2.05, 4.69) is 5.32 Å². The standard InChI is InChI=1S/C13H15N3O5/c1-15-12(17)6-10(13(15)18)14-7-8-5-9(16(19)20)3-4-11(8)21-2/h3-5,10,14H,6-7H2,1-2H3. The number of amides is 2. The first-order valence-electron chi connectivity index (χ1n) is 6.29. The molecule has 0 aromatic heterocycles. The second kappa shape index (κ2) is 5.88. The lowest BCUT2D eigenvalue weighted by atomic mass is 10.1. The molecule has 0 saturated carbocycles. The van der Waals surface area contributed by atoms with Gasteiger partial charge >= 0.3 is 0 Å². The number of nitrogens with zero attached hydrogens (tertiary/aromatic N) is 2. The van der Waals surface area contributed by atoms with Crippen molar-refractivity contribution in [3.63, 3.8) is 0 Å². The molecule has 1 aromatic carbocycles. The summed E-state index contributed by atoms with van der Waals surface area (Å²) in [6.07, 6.45) is 0.0899. The van der Waals surface area contributed by atoms with Crippen LogP contribution in [0.3, 0.4) is 0 Å². The van der Waals surface area contributed by atoms with Crippen molar-refractivity contribution in [3.8, 4) is 5.75 Å². The van der Waals surface area contributed by atoms with Gasteiger partial charge in [0.05, 0.1) is 24.5 Å². The topological polar surface area (TPSA) is 102 Å². The molecule has 2 rings (SSSR count). The number of likely N-dealkylation sites (N-methyl/N-ethyl adjacent to an activating group) is 1. The van der Waals surface area contributed by atoms with Gasteiger partial charge in [-0.05, 0) is 6.07 Å². The Morgan fingerprint density at radius 1 is 1.48 bits per heavy atom. The van der Waals surface area contributed by atoms with Crippen LogP contribution in [0.15, 0.2) is 18.2 Å². The van der Waals surface area contributed by atoms with Crippen molar-refractivity contribution < 1.29 is 19.2 Å². The summed E-state index contributed by atoms with van der Waals surface area (Å²) in [5.41, 5.74) is 0.500. The largest absolute Gasteiger partial charge is 0.496 e. The van der Waals surface area contributed by atoms with Gasteiger partial charge < -0.3 is 10.1 Å².